The second-order valence-electron chi connectivity index (χ2n) is 5.17. The van der Waals surface area contributed by atoms with E-state index in [2.05, 4.69) is 29.9 Å². The van der Waals surface area contributed by atoms with Crippen molar-refractivity contribution < 1.29 is 0 Å². The molecule has 3 aliphatic rings. The van der Waals surface area contributed by atoms with E-state index in [1.165, 1.54) is 24.1 Å². The molecule has 1 fully saturated rings. The summed E-state index contributed by atoms with van der Waals surface area (Å²) < 4.78 is 0. The van der Waals surface area contributed by atoms with Crippen LogP contribution in [0.25, 0.3) is 5.57 Å². The number of rotatable bonds is 1. The van der Waals surface area contributed by atoms with Crippen LogP contribution in [-0.4, -0.2) is 9.97 Å². The summed E-state index contributed by atoms with van der Waals surface area (Å²) in [6.45, 7) is 4.80. The minimum atomic E-state index is 0.509. The molecule has 0 amide bonds. The predicted molar refractivity (Wildman–Crippen MR) is 56.6 cm³/mol. The highest BCUT2D eigenvalue weighted by Gasteiger charge is 2.51. The van der Waals surface area contributed by atoms with Crippen molar-refractivity contribution in [3.63, 3.8) is 0 Å². The normalized spacial score (nSPS) is 33.4. The highest BCUT2D eigenvalue weighted by molar-refractivity contribution is 5.67. The Bertz CT molecular complexity index is 373. The van der Waals surface area contributed by atoms with Crippen molar-refractivity contribution in [2.45, 2.75) is 26.7 Å². The van der Waals surface area contributed by atoms with Gasteiger partial charge in [0.05, 0.1) is 18.2 Å². The lowest BCUT2D eigenvalue weighted by molar-refractivity contribution is 0.0111. The van der Waals surface area contributed by atoms with E-state index in [1.807, 2.05) is 6.20 Å². The first-order valence-electron chi connectivity index (χ1n) is 5.38. The maximum Gasteiger partial charge on any atom is 0.0924 e. The highest BCUT2D eigenvalue weighted by atomic mass is 14.9. The number of hydrogen-bond acceptors (Lipinski definition) is 1. The maximum absolute atomic E-state index is 4.10. The molecule has 4 rings (SSSR count). The summed E-state index contributed by atoms with van der Waals surface area (Å²) in [6.07, 6.45) is 8.74. The topological polar surface area (TPSA) is 28.7 Å². The van der Waals surface area contributed by atoms with Gasteiger partial charge in [-0.3, -0.25) is 0 Å². The molecule has 1 aromatic rings. The van der Waals surface area contributed by atoms with Gasteiger partial charge in [0.1, 0.15) is 0 Å². The van der Waals surface area contributed by atoms with Crippen LogP contribution in [0.1, 0.15) is 32.4 Å². The molecular formula is C12H16N2. The zero-order valence-electron chi connectivity index (χ0n) is 8.75. The third-order valence-corrected chi connectivity index (χ3v) is 4.28. The minimum Gasteiger partial charge on any atom is -0.345 e. The van der Waals surface area contributed by atoms with Crippen LogP contribution in [0.15, 0.2) is 18.6 Å². The molecule has 2 atom stereocenters. The molecule has 0 radical (unpaired) electrons. The number of aromatic amines is 1. The summed E-state index contributed by atoms with van der Waals surface area (Å²) in [4.78, 5) is 7.32. The molecule has 14 heavy (non-hydrogen) atoms. The largest absolute Gasteiger partial charge is 0.345 e. The van der Waals surface area contributed by atoms with Crippen molar-refractivity contribution in [3.8, 4) is 0 Å². The summed E-state index contributed by atoms with van der Waals surface area (Å²) in [5.74, 6) is 1.67. The third-order valence-electron chi connectivity index (χ3n) is 4.28. The maximum atomic E-state index is 4.10. The summed E-state index contributed by atoms with van der Waals surface area (Å²) >= 11 is 0. The van der Waals surface area contributed by atoms with Gasteiger partial charge in [-0.05, 0) is 35.7 Å². The molecule has 2 heteroatoms. The van der Waals surface area contributed by atoms with Crippen LogP contribution in [-0.2, 0) is 0 Å². The van der Waals surface area contributed by atoms with E-state index >= 15 is 0 Å². The Balaban J connectivity index is 1.99. The average Bonchev–Trinajstić information content (AvgIpc) is 2.70. The summed E-state index contributed by atoms with van der Waals surface area (Å²) in [6, 6.07) is 0. The van der Waals surface area contributed by atoms with Crippen molar-refractivity contribution in [1.29, 1.82) is 0 Å². The number of fused-ring (bicyclic) bond motifs is 1. The molecule has 0 saturated heterocycles. The van der Waals surface area contributed by atoms with Crippen molar-refractivity contribution in [3.05, 3.63) is 24.3 Å². The Morgan fingerprint density at radius 3 is 2.93 bits per heavy atom. The summed E-state index contributed by atoms with van der Waals surface area (Å²) in [5, 5.41) is 0. The molecular weight excluding hydrogens is 172 g/mol. The number of allylic oxidation sites excluding steroid dienone is 2. The fourth-order valence-electron chi connectivity index (χ4n) is 3.07. The smallest absolute Gasteiger partial charge is 0.0924 e. The fraction of sp³-hybridized carbons (Fsp3) is 0.583. The highest BCUT2D eigenvalue weighted by Crippen LogP contribution is 2.61. The van der Waals surface area contributed by atoms with Gasteiger partial charge in [-0.1, -0.05) is 19.9 Å². The van der Waals surface area contributed by atoms with Gasteiger partial charge in [0.25, 0.3) is 0 Å². The van der Waals surface area contributed by atoms with Gasteiger partial charge in [-0.25, -0.2) is 4.98 Å². The van der Waals surface area contributed by atoms with Gasteiger partial charge < -0.3 is 4.98 Å². The summed E-state index contributed by atoms with van der Waals surface area (Å²) in [5.41, 5.74) is 3.23. The average molecular weight is 188 g/mol. The van der Waals surface area contributed by atoms with Gasteiger partial charge in [-0.2, -0.15) is 0 Å². The van der Waals surface area contributed by atoms with Gasteiger partial charge in [0.15, 0.2) is 0 Å². The van der Waals surface area contributed by atoms with Gasteiger partial charge in [0, 0.05) is 0 Å². The van der Waals surface area contributed by atoms with Crippen molar-refractivity contribution in [2.75, 3.05) is 0 Å². The van der Waals surface area contributed by atoms with E-state index in [1.54, 1.807) is 6.33 Å². The number of nitrogens with one attached hydrogen (secondary N) is 1. The van der Waals surface area contributed by atoms with E-state index in [-0.39, 0.29) is 0 Å². The molecule has 1 N–H and O–H groups in total. The first-order chi connectivity index (χ1) is 6.69. The molecule has 2 unspecified atom stereocenters. The lowest BCUT2D eigenvalue weighted by Crippen LogP contribution is -2.47. The van der Waals surface area contributed by atoms with Crippen LogP contribution in [0.4, 0.5) is 0 Å². The Hall–Kier alpha value is -1.05. The standard InChI is InChI=1S/C12H16N2/c1-12(2)8-3-4-9(10(12)5-8)11-6-13-7-14-11/h4,6-8,10H,3,5H2,1-2H3,(H,13,14). The molecule has 0 spiro atoms. The van der Waals surface area contributed by atoms with Crippen LogP contribution in [0.3, 0.4) is 0 Å². The van der Waals surface area contributed by atoms with Crippen molar-refractivity contribution >= 4 is 5.57 Å². The second-order valence-corrected chi connectivity index (χ2v) is 5.17. The van der Waals surface area contributed by atoms with E-state index in [0.717, 1.165) is 11.8 Å². The van der Waals surface area contributed by atoms with Crippen LogP contribution >= 0.6 is 0 Å². The number of H-pyrrole nitrogens is 1. The molecule has 74 valence electrons. The molecule has 2 nitrogen and oxygen atoms in total. The first kappa shape index (κ1) is 8.27. The zero-order valence-corrected chi connectivity index (χ0v) is 8.75. The van der Waals surface area contributed by atoms with Crippen LogP contribution in [0.2, 0.25) is 0 Å². The van der Waals surface area contributed by atoms with E-state index < -0.39 is 0 Å². The number of hydrogen-bond donors (Lipinski definition) is 1. The second kappa shape index (κ2) is 2.50. The van der Waals surface area contributed by atoms with Gasteiger partial charge >= 0.3 is 0 Å². The zero-order chi connectivity index (χ0) is 9.76. The molecule has 3 aliphatic carbocycles. The van der Waals surface area contributed by atoms with Crippen LogP contribution in [0.5, 0.6) is 0 Å². The van der Waals surface area contributed by atoms with Crippen molar-refractivity contribution in [2.24, 2.45) is 17.3 Å². The van der Waals surface area contributed by atoms with E-state index in [0.29, 0.717) is 5.41 Å². The Morgan fingerprint density at radius 2 is 2.36 bits per heavy atom. The molecule has 0 aliphatic heterocycles. The molecule has 2 bridgehead atoms. The lowest BCUT2D eigenvalue weighted by Gasteiger charge is -2.56. The number of nitrogens with zero attached hydrogens (tertiary/aromatic N) is 1. The van der Waals surface area contributed by atoms with Gasteiger partial charge in [0.2, 0.25) is 0 Å². The Labute approximate surface area is 84.4 Å². The lowest BCUT2D eigenvalue weighted by atomic mass is 9.48. The number of aromatic nitrogens is 2. The predicted octanol–water partition coefficient (Wildman–Crippen LogP) is 2.86. The van der Waals surface area contributed by atoms with Crippen LogP contribution in [0, 0.1) is 17.3 Å². The summed E-state index contributed by atoms with van der Waals surface area (Å²) in [7, 11) is 0. The first-order valence-corrected chi connectivity index (χ1v) is 5.38. The van der Waals surface area contributed by atoms with Crippen LogP contribution < -0.4 is 0 Å². The SMILES string of the molecule is CC1(C)C2CC=C(c3cnc[nH]3)C1C2. The number of imidazole rings is 1. The van der Waals surface area contributed by atoms with Crippen molar-refractivity contribution in [1.82, 2.24) is 9.97 Å². The minimum absolute atomic E-state index is 0.509. The van der Waals surface area contributed by atoms with E-state index in [4.69, 9.17) is 0 Å². The van der Waals surface area contributed by atoms with E-state index in [9.17, 15) is 0 Å². The quantitative estimate of drug-likeness (QED) is 0.721. The Morgan fingerprint density at radius 1 is 1.50 bits per heavy atom. The van der Waals surface area contributed by atoms with Gasteiger partial charge in [-0.15, -0.1) is 0 Å². The molecule has 0 aromatic carbocycles. The Kier molecular flexibility index (Phi) is 1.48. The third kappa shape index (κ3) is 0.887. The molecule has 1 heterocycles. The monoisotopic (exact) mass is 188 g/mol. The molecule has 1 aromatic heterocycles. The fourth-order valence-corrected chi connectivity index (χ4v) is 3.07. The molecule has 1 saturated carbocycles.